The minimum Gasteiger partial charge on any atom is -0.470 e. The first-order valence-corrected chi connectivity index (χ1v) is 12.8. The van der Waals surface area contributed by atoms with Crippen molar-refractivity contribution in [3.05, 3.63) is 63.2 Å². The van der Waals surface area contributed by atoms with Crippen LogP contribution in [0.25, 0.3) is 0 Å². The fraction of sp³-hybridized carbons (Fsp3) is 0.263. The molecular formula is C19H18BrClN4O4S2. The largest absolute Gasteiger partial charge is 0.470 e. The number of nitrogens with zero attached hydrogens (tertiary/aromatic N) is 4. The summed E-state index contributed by atoms with van der Waals surface area (Å²) in [7, 11) is -3.50. The monoisotopic (exact) mass is 544 g/mol. The molecule has 164 valence electrons. The lowest BCUT2D eigenvalue weighted by atomic mass is 10.3. The van der Waals surface area contributed by atoms with Crippen molar-refractivity contribution in [3.63, 3.8) is 0 Å². The molecule has 1 saturated heterocycles. The van der Waals surface area contributed by atoms with Crippen LogP contribution >= 0.6 is 38.9 Å². The summed E-state index contributed by atoms with van der Waals surface area (Å²) in [5.41, 5.74) is 0.285. The number of ether oxygens (including phenoxy) is 1. The first-order valence-electron chi connectivity index (χ1n) is 9.29. The molecule has 1 aliphatic rings. The summed E-state index contributed by atoms with van der Waals surface area (Å²) < 4.78 is 34.9. The number of benzene rings is 1. The first kappa shape index (κ1) is 22.3. The second-order valence-electron chi connectivity index (χ2n) is 6.72. The van der Waals surface area contributed by atoms with Crippen LogP contribution in [-0.2, 0) is 16.8 Å². The van der Waals surface area contributed by atoms with Gasteiger partial charge in [0.05, 0.1) is 4.47 Å². The minimum atomic E-state index is -3.50. The summed E-state index contributed by atoms with van der Waals surface area (Å²) in [5, 5.41) is 6.61. The highest BCUT2D eigenvalue weighted by molar-refractivity contribution is 9.10. The molecule has 0 unspecified atom stereocenters. The van der Waals surface area contributed by atoms with Gasteiger partial charge in [0.25, 0.3) is 15.9 Å². The molecule has 3 aromatic rings. The Morgan fingerprint density at radius 3 is 2.65 bits per heavy atom. The maximum atomic E-state index is 12.8. The SMILES string of the molecule is O=C(c1ccn(COc2ccc(Cl)cc2Br)n1)N1CCN(S(=O)(=O)c2cccs2)CC1. The van der Waals surface area contributed by atoms with Crippen LogP contribution in [0, 0.1) is 0 Å². The molecule has 0 bridgehead atoms. The molecular weight excluding hydrogens is 528 g/mol. The van der Waals surface area contributed by atoms with E-state index in [2.05, 4.69) is 21.0 Å². The fourth-order valence-electron chi connectivity index (χ4n) is 3.11. The molecule has 0 aliphatic carbocycles. The summed E-state index contributed by atoms with van der Waals surface area (Å²) in [4.78, 5) is 14.4. The maximum absolute atomic E-state index is 12.8. The molecule has 1 fully saturated rings. The maximum Gasteiger partial charge on any atom is 0.274 e. The Morgan fingerprint density at radius 2 is 1.97 bits per heavy atom. The molecule has 0 radical (unpaired) electrons. The van der Waals surface area contributed by atoms with Gasteiger partial charge >= 0.3 is 0 Å². The van der Waals surface area contributed by atoms with Crippen LogP contribution in [0.4, 0.5) is 0 Å². The quantitative estimate of drug-likeness (QED) is 0.473. The van der Waals surface area contributed by atoms with E-state index in [1.54, 1.807) is 52.9 Å². The predicted octanol–water partition coefficient (Wildman–Crippen LogP) is 3.54. The van der Waals surface area contributed by atoms with Crippen molar-refractivity contribution >= 4 is 54.8 Å². The van der Waals surface area contributed by atoms with Gasteiger partial charge in [0.2, 0.25) is 0 Å². The van der Waals surface area contributed by atoms with E-state index < -0.39 is 10.0 Å². The van der Waals surface area contributed by atoms with Crippen molar-refractivity contribution < 1.29 is 17.9 Å². The van der Waals surface area contributed by atoms with Gasteiger partial charge in [-0.15, -0.1) is 11.3 Å². The van der Waals surface area contributed by atoms with E-state index in [-0.39, 0.29) is 31.4 Å². The smallest absolute Gasteiger partial charge is 0.274 e. The highest BCUT2D eigenvalue weighted by atomic mass is 79.9. The van der Waals surface area contributed by atoms with Crippen molar-refractivity contribution in [2.75, 3.05) is 26.2 Å². The number of carbonyl (C=O) groups excluding carboxylic acids is 1. The summed E-state index contributed by atoms with van der Waals surface area (Å²) >= 11 is 10.5. The molecule has 2 aromatic heterocycles. The predicted molar refractivity (Wildman–Crippen MR) is 121 cm³/mol. The Kier molecular flexibility index (Phi) is 6.68. The van der Waals surface area contributed by atoms with Crippen LogP contribution in [0.5, 0.6) is 5.75 Å². The fourth-order valence-corrected chi connectivity index (χ4v) is 6.47. The first-order chi connectivity index (χ1) is 14.8. The zero-order valence-corrected chi connectivity index (χ0v) is 20.1. The van der Waals surface area contributed by atoms with E-state index in [1.165, 1.54) is 20.3 Å². The third kappa shape index (κ3) is 4.96. The minimum absolute atomic E-state index is 0.125. The van der Waals surface area contributed by atoms with Gasteiger partial charge in [-0.1, -0.05) is 17.7 Å². The molecule has 12 heteroatoms. The van der Waals surface area contributed by atoms with Crippen molar-refractivity contribution in [1.29, 1.82) is 0 Å². The van der Waals surface area contributed by atoms with Crippen LogP contribution in [0.2, 0.25) is 5.02 Å². The van der Waals surface area contributed by atoms with E-state index in [0.717, 1.165) is 4.47 Å². The molecule has 1 aromatic carbocycles. The van der Waals surface area contributed by atoms with Crippen LogP contribution < -0.4 is 4.74 Å². The number of piperazine rings is 1. The Balaban J connectivity index is 1.34. The highest BCUT2D eigenvalue weighted by Crippen LogP contribution is 2.28. The average Bonchev–Trinajstić information content (AvgIpc) is 3.45. The molecule has 0 saturated carbocycles. The zero-order chi connectivity index (χ0) is 22.0. The van der Waals surface area contributed by atoms with Crippen molar-refractivity contribution in [1.82, 2.24) is 19.0 Å². The second-order valence-corrected chi connectivity index (χ2v) is 11.1. The Labute approximate surface area is 197 Å². The Bertz CT molecular complexity index is 1180. The normalized spacial score (nSPS) is 15.2. The molecule has 1 aliphatic heterocycles. The molecule has 0 atom stereocenters. The summed E-state index contributed by atoms with van der Waals surface area (Å²) in [6.07, 6.45) is 1.66. The van der Waals surface area contributed by atoms with Crippen LogP contribution in [-0.4, -0.2) is 59.5 Å². The standard InChI is InChI=1S/C19H18BrClN4O4S2/c20-15-12-14(21)3-4-17(15)29-13-24-6-5-16(22-24)19(26)23-7-9-25(10-8-23)31(27,28)18-2-1-11-30-18/h1-6,11-12H,7-10,13H2. The zero-order valence-electron chi connectivity index (χ0n) is 16.1. The van der Waals surface area contributed by atoms with Crippen molar-refractivity contribution in [2.45, 2.75) is 10.9 Å². The molecule has 0 N–H and O–H groups in total. The van der Waals surface area contributed by atoms with E-state index in [9.17, 15) is 13.2 Å². The van der Waals surface area contributed by atoms with Crippen LogP contribution in [0.3, 0.4) is 0 Å². The number of amides is 1. The van der Waals surface area contributed by atoms with Gasteiger partial charge in [-0.2, -0.15) is 9.40 Å². The van der Waals surface area contributed by atoms with Crippen molar-refractivity contribution in [3.8, 4) is 5.75 Å². The van der Waals surface area contributed by atoms with Gasteiger partial charge < -0.3 is 9.64 Å². The summed E-state index contributed by atoms with van der Waals surface area (Å²) in [6.45, 7) is 1.25. The number of halogens is 2. The lowest BCUT2D eigenvalue weighted by molar-refractivity contribution is 0.0690. The third-order valence-electron chi connectivity index (χ3n) is 4.72. The van der Waals surface area contributed by atoms with E-state index in [1.807, 2.05) is 0 Å². The number of carbonyl (C=O) groups is 1. The lowest BCUT2D eigenvalue weighted by Gasteiger charge is -2.33. The molecule has 31 heavy (non-hydrogen) atoms. The molecule has 4 rings (SSSR count). The number of sulfonamides is 1. The third-order valence-corrected chi connectivity index (χ3v) is 8.85. The number of aromatic nitrogens is 2. The van der Waals surface area contributed by atoms with Gasteiger partial charge in [-0.3, -0.25) is 4.79 Å². The highest BCUT2D eigenvalue weighted by Gasteiger charge is 2.31. The van der Waals surface area contributed by atoms with Crippen molar-refractivity contribution in [2.24, 2.45) is 0 Å². The van der Waals surface area contributed by atoms with Crippen LogP contribution in [0.1, 0.15) is 10.5 Å². The van der Waals surface area contributed by atoms with Gasteiger partial charge in [0, 0.05) is 37.4 Å². The summed E-state index contributed by atoms with van der Waals surface area (Å²) in [5.74, 6) is 0.371. The Hall–Kier alpha value is -1.92. The number of thiophene rings is 1. The molecule has 8 nitrogen and oxygen atoms in total. The van der Waals surface area contributed by atoms with Gasteiger partial charge in [-0.25, -0.2) is 13.1 Å². The van der Waals surface area contributed by atoms with E-state index in [4.69, 9.17) is 16.3 Å². The van der Waals surface area contributed by atoms with E-state index in [0.29, 0.717) is 28.1 Å². The summed E-state index contributed by atoms with van der Waals surface area (Å²) in [6, 6.07) is 10.1. The van der Waals surface area contributed by atoms with E-state index >= 15 is 0 Å². The second kappa shape index (κ2) is 9.29. The van der Waals surface area contributed by atoms with Gasteiger partial charge in [0.15, 0.2) is 12.4 Å². The van der Waals surface area contributed by atoms with Gasteiger partial charge in [0.1, 0.15) is 9.96 Å². The van der Waals surface area contributed by atoms with Gasteiger partial charge in [-0.05, 0) is 51.6 Å². The average molecular weight is 546 g/mol. The topological polar surface area (TPSA) is 84.7 Å². The molecule has 3 heterocycles. The Morgan fingerprint density at radius 1 is 1.19 bits per heavy atom. The number of hydrogen-bond donors (Lipinski definition) is 0. The van der Waals surface area contributed by atoms with Crippen LogP contribution in [0.15, 0.2) is 56.7 Å². The molecule has 0 spiro atoms. The lowest BCUT2D eigenvalue weighted by Crippen LogP contribution is -2.50. The molecule has 1 amide bonds. The number of hydrogen-bond acceptors (Lipinski definition) is 6. The number of rotatable bonds is 6.